The van der Waals surface area contributed by atoms with E-state index < -0.39 is 77.4 Å². The number of nitrogens with one attached hydrogen (secondary N) is 1. The van der Waals surface area contributed by atoms with Crippen molar-refractivity contribution >= 4 is 21.0 Å². The third-order valence-corrected chi connectivity index (χ3v) is 8.74. The van der Waals surface area contributed by atoms with Gasteiger partial charge in [0.25, 0.3) is 10.1 Å². The molecule has 2 heterocycles. The van der Waals surface area contributed by atoms with E-state index in [0.29, 0.717) is 10.9 Å². The number of benzene rings is 3. The second kappa shape index (κ2) is 11.8. The van der Waals surface area contributed by atoms with Gasteiger partial charge in [0.1, 0.15) is 42.3 Å². The summed E-state index contributed by atoms with van der Waals surface area (Å²) in [6.07, 6.45) is -5.38. The van der Waals surface area contributed by atoms with Crippen molar-refractivity contribution in [2.45, 2.75) is 56.0 Å². The van der Waals surface area contributed by atoms with Gasteiger partial charge in [0.2, 0.25) is 0 Å². The molecule has 4 aromatic rings. The van der Waals surface area contributed by atoms with E-state index in [0.717, 1.165) is 36.4 Å². The third kappa shape index (κ3) is 6.59. The number of rotatable bonds is 9. The fraction of sp³-hybridized carbons (Fsp3) is 0.355. The number of aryl methyl sites for hydroxylation is 1. The number of aromatic amines is 1. The van der Waals surface area contributed by atoms with E-state index in [1.165, 1.54) is 12.1 Å². The Morgan fingerprint density at radius 3 is 2.20 bits per heavy atom. The maximum Gasteiger partial charge on any atom is 0.404 e. The van der Waals surface area contributed by atoms with E-state index in [2.05, 4.69) is 4.98 Å². The molecule has 2 unspecified atom stereocenters. The van der Waals surface area contributed by atoms with Crippen molar-refractivity contribution in [1.82, 2.24) is 9.88 Å². The lowest BCUT2D eigenvalue weighted by Gasteiger charge is -2.44. The molecule has 13 heteroatoms. The van der Waals surface area contributed by atoms with E-state index in [-0.39, 0.29) is 21.9 Å². The molecule has 0 bridgehead atoms. The van der Waals surface area contributed by atoms with E-state index in [1.807, 2.05) is 0 Å². The average Bonchev–Trinajstić information content (AvgIpc) is 3.29. The van der Waals surface area contributed by atoms with Gasteiger partial charge in [-0.2, -0.15) is 21.6 Å². The molecule has 6 nitrogen and oxygen atoms in total. The minimum Gasteiger partial charge on any atom is -0.491 e. The molecule has 44 heavy (non-hydrogen) atoms. The lowest BCUT2D eigenvalue weighted by molar-refractivity contribution is -0.195. The number of H-pyrrole nitrogens is 1. The molecule has 1 aliphatic heterocycles. The fourth-order valence-electron chi connectivity index (χ4n) is 5.56. The van der Waals surface area contributed by atoms with Gasteiger partial charge in [-0.05, 0) is 51.0 Å². The van der Waals surface area contributed by atoms with Crippen LogP contribution in [0.1, 0.15) is 42.3 Å². The molecule has 1 aromatic heterocycles. The van der Waals surface area contributed by atoms with Crippen LogP contribution in [0.2, 0.25) is 0 Å². The van der Waals surface area contributed by atoms with Crippen LogP contribution < -0.4 is 4.74 Å². The number of alkyl halides is 4. The van der Waals surface area contributed by atoms with Gasteiger partial charge in [0.15, 0.2) is 0 Å². The number of hydrogen-bond donors (Lipinski definition) is 1. The van der Waals surface area contributed by atoms with Gasteiger partial charge in [-0.15, -0.1) is 0 Å². The summed E-state index contributed by atoms with van der Waals surface area (Å²) < 4.78 is 125. The largest absolute Gasteiger partial charge is 0.491 e. The Bertz CT molecular complexity index is 1740. The number of nitrogens with zero attached hydrogens (tertiary/aromatic N) is 1. The molecule has 0 spiro atoms. The van der Waals surface area contributed by atoms with Gasteiger partial charge >= 0.3 is 6.18 Å². The molecule has 0 saturated carbocycles. The normalized spacial score (nSPS) is 18.0. The van der Waals surface area contributed by atoms with Gasteiger partial charge in [-0.25, -0.2) is 13.2 Å². The summed E-state index contributed by atoms with van der Waals surface area (Å²) in [7, 11) is -4.11. The minimum absolute atomic E-state index is 0.0773. The first kappa shape index (κ1) is 31.9. The second-order valence-corrected chi connectivity index (χ2v) is 13.0. The molecule has 1 aliphatic rings. The highest BCUT2D eigenvalue weighted by molar-refractivity contribution is 7.86. The Morgan fingerprint density at radius 1 is 0.955 bits per heavy atom. The predicted octanol–water partition coefficient (Wildman–Crippen LogP) is 7.17. The van der Waals surface area contributed by atoms with Crippen LogP contribution in [-0.2, 0) is 20.7 Å². The minimum atomic E-state index is -4.84. The first-order valence-corrected chi connectivity index (χ1v) is 15.1. The van der Waals surface area contributed by atoms with Gasteiger partial charge in [0.05, 0.1) is 10.9 Å². The highest BCUT2D eigenvalue weighted by Gasteiger charge is 2.52. The molecule has 0 saturated heterocycles. The smallest absolute Gasteiger partial charge is 0.404 e. The summed E-state index contributed by atoms with van der Waals surface area (Å²) in [5.74, 6) is -2.77. The monoisotopic (exact) mass is 640 g/mol. The molecule has 0 aliphatic carbocycles. The molecule has 5 rings (SSSR count). The quantitative estimate of drug-likeness (QED) is 0.119. The summed E-state index contributed by atoms with van der Waals surface area (Å²) in [6, 6.07) is 10.2. The maximum atomic E-state index is 15.8. The molecule has 2 atom stereocenters. The van der Waals surface area contributed by atoms with E-state index in [9.17, 15) is 26.0 Å². The molecular formula is C31H30F6N2O4S. The van der Waals surface area contributed by atoms with Gasteiger partial charge in [-0.3, -0.25) is 9.08 Å². The zero-order valence-electron chi connectivity index (χ0n) is 24.0. The average molecular weight is 641 g/mol. The maximum absolute atomic E-state index is 15.8. The molecule has 0 radical (unpaired) electrons. The predicted molar refractivity (Wildman–Crippen MR) is 152 cm³/mol. The molecular weight excluding hydrogens is 610 g/mol. The molecule has 0 fully saturated rings. The number of fused-ring (bicyclic) bond motifs is 3. The highest BCUT2D eigenvalue weighted by Crippen LogP contribution is 2.47. The summed E-state index contributed by atoms with van der Waals surface area (Å²) >= 11 is 0. The van der Waals surface area contributed by atoms with E-state index >= 15 is 8.78 Å². The van der Waals surface area contributed by atoms with Gasteiger partial charge in [-0.1, -0.05) is 35.9 Å². The van der Waals surface area contributed by atoms with Crippen molar-refractivity contribution in [1.29, 1.82) is 0 Å². The Kier molecular flexibility index (Phi) is 8.51. The van der Waals surface area contributed by atoms with Crippen molar-refractivity contribution in [2.75, 3.05) is 19.8 Å². The number of para-hydroxylation sites is 1. The third-order valence-electron chi connectivity index (χ3n) is 7.41. The summed E-state index contributed by atoms with van der Waals surface area (Å²) in [5.41, 5.74) is -1.14. The van der Waals surface area contributed by atoms with Crippen molar-refractivity contribution in [2.24, 2.45) is 0 Å². The Balaban J connectivity index is 1.46. The molecule has 1 N–H and O–H groups in total. The number of halogens is 6. The van der Waals surface area contributed by atoms with Crippen LogP contribution in [0, 0.1) is 18.6 Å². The first-order valence-electron chi connectivity index (χ1n) is 13.7. The van der Waals surface area contributed by atoms with Crippen LogP contribution in [0.5, 0.6) is 5.75 Å². The molecule has 0 amide bonds. The van der Waals surface area contributed by atoms with Crippen LogP contribution in [0.4, 0.5) is 26.3 Å². The van der Waals surface area contributed by atoms with Crippen LogP contribution in [0.15, 0.2) is 65.6 Å². The van der Waals surface area contributed by atoms with E-state index in [4.69, 9.17) is 8.92 Å². The zero-order valence-corrected chi connectivity index (χ0v) is 24.8. The molecule has 236 valence electrons. The zero-order chi connectivity index (χ0) is 32.0. The SMILES string of the molecule is Cc1ccc(S(=O)(=O)OCCOc2cc(F)c(C3c4[nH]c5ccccc5c4CC(C(F)(F)F)N3CC(C)(C)F)c(F)c2)cc1. The lowest BCUT2D eigenvalue weighted by Crippen LogP contribution is -2.55. The van der Waals surface area contributed by atoms with E-state index in [1.54, 1.807) is 43.3 Å². The van der Waals surface area contributed by atoms with Crippen LogP contribution in [0.25, 0.3) is 10.9 Å². The summed E-state index contributed by atoms with van der Waals surface area (Å²) in [5, 5.41) is 0.474. The lowest BCUT2D eigenvalue weighted by atomic mass is 9.86. The molecule has 3 aromatic carbocycles. The van der Waals surface area contributed by atoms with Crippen molar-refractivity contribution < 1.29 is 43.7 Å². The fourth-order valence-corrected chi connectivity index (χ4v) is 6.45. The first-order chi connectivity index (χ1) is 20.5. The van der Waals surface area contributed by atoms with Crippen LogP contribution in [0.3, 0.4) is 0 Å². The van der Waals surface area contributed by atoms with Crippen molar-refractivity contribution in [3.05, 3.63) is 94.7 Å². The van der Waals surface area contributed by atoms with Crippen LogP contribution >= 0.6 is 0 Å². The van der Waals surface area contributed by atoms with Gasteiger partial charge < -0.3 is 9.72 Å². The van der Waals surface area contributed by atoms with Crippen molar-refractivity contribution in [3.63, 3.8) is 0 Å². The summed E-state index contributed by atoms with van der Waals surface area (Å²) in [6.45, 7) is 2.34. The number of aromatic nitrogens is 1. The van der Waals surface area contributed by atoms with Gasteiger partial charge in [0, 0.05) is 40.8 Å². The Morgan fingerprint density at radius 2 is 1.59 bits per heavy atom. The number of hydrogen-bond acceptors (Lipinski definition) is 5. The van der Waals surface area contributed by atoms with Crippen LogP contribution in [-0.4, -0.2) is 55.9 Å². The number of ether oxygens (including phenoxy) is 1. The van der Waals surface area contributed by atoms with Crippen molar-refractivity contribution in [3.8, 4) is 5.75 Å². The summed E-state index contributed by atoms with van der Waals surface area (Å²) in [4.78, 5) is 3.70. The standard InChI is InChI=1S/C31H30F6N2O4S/c1-18-8-10-20(11-9-18)44(40,41)43-13-12-42-19-14-23(32)27(24(33)15-19)29-28-22(21-6-4-5-7-25(21)38-28)16-26(31(35,36)37)39(29)17-30(2,3)34/h4-11,14-15,26,29,38H,12-13,16-17H2,1-3H3. The highest BCUT2D eigenvalue weighted by atomic mass is 32.2. The Hall–Kier alpha value is -3.55. The Labute approximate surface area is 250 Å². The second-order valence-electron chi connectivity index (χ2n) is 11.4. The topological polar surface area (TPSA) is 71.6 Å².